The summed E-state index contributed by atoms with van der Waals surface area (Å²) in [5.74, 6) is -0.568. The Morgan fingerprint density at radius 1 is 1.02 bits per heavy atom. The number of carbonyl (C=O) groups excluding carboxylic acids is 1. The maximum absolute atomic E-state index is 14.9. The highest BCUT2D eigenvalue weighted by Gasteiger charge is 2.33. The van der Waals surface area contributed by atoms with Gasteiger partial charge in [-0.05, 0) is 101 Å². The van der Waals surface area contributed by atoms with Crippen molar-refractivity contribution < 1.29 is 19.4 Å². The van der Waals surface area contributed by atoms with Crippen LogP contribution in [0.2, 0.25) is 10.0 Å². The molecule has 2 aliphatic heterocycles. The number of aryl methyl sites for hydroxylation is 6. The van der Waals surface area contributed by atoms with E-state index in [9.17, 15) is 14.7 Å². The van der Waals surface area contributed by atoms with E-state index in [0.29, 0.717) is 66.1 Å². The van der Waals surface area contributed by atoms with E-state index in [4.69, 9.17) is 27.9 Å². The molecule has 258 valence electrons. The Morgan fingerprint density at radius 3 is 2.44 bits per heavy atom. The minimum absolute atomic E-state index is 0.0323. The third kappa shape index (κ3) is 5.64. The first-order valence-electron chi connectivity index (χ1n) is 16.7. The van der Waals surface area contributed by atoms with E-state index in [2.05, 4.69) is 19.7 Å². The molecule has 1 unspecified atom stereocenters. The lowest BCUT2D eigenvalue weighted by atomic mass is 9.98. The Hall–Kier alpha value is -4.67. The molecule has 0 saturated carbocycles. The van der Waals surface area contributed by atoms with Gasteiger partial charge < -0.3 is 19.3 Å². The summed E-state index contributed by atoms with van der Waals surface area (Å²) < 4.78 is 10.1. The van der Waals surface area contributed by atoms with E-state index in [1.54, 1.807) is 24.0 Å². The lowest BCUT2D eigenvalue weighted by Crippen LogP contribution is -2.36. The Kier molecular flexibility index (Phi) is 8.72. The largest absolute Gasteiger partial charge is 0.494 e. The van der Waals surface area contributed by atoms with Crippen molar-refractivity contribution in [1.29, 1.82) is 0 Å². The maximum Gasteiger partial charge on any atom is 0.338 e. The van der Waals surface area contributed by atoms with Crippen LogP contribution in [-0.2, 0) is 20.0 Å². The van der Waals surface area contributed by atoms with Crippen molar-refractivity contribution in [1.82, 2.24) is 14.3 Å². The van der Waals surface area contributed by atoms with E-state index in [1.807, 2.05) is 63.7 Å². The lowest BCUT2D eigenvalue weighted by molar-refractivity contribution is 0.0694. The number of carboxylic acid groups (broad SMARTS) is 1. The second-order valence-corrected chi connectivity index (χ2v) is 13.9. The number of hydrogen-bond acceptors (Lipinski definition) is 6. The van der Waals surface area contributed by atoms with Gasteiger partial charge in [-0.1, -0.05) is 29.3 Å². The number of aromatic nitrogens is 3. The van der Waals surface area contributed by atoms with Gasteiger partial charge in [0, 0.05) is 53.1 Å². The van der Waals surface area contributed by atoms with Crippen LogP contribution >= 0.6 is 23.2 Å². The van der Waals surface area contributed by atoms with Crippen LogP contribution in [0.15, 0.2) is 46.4 Å². The summed E-state index contributed by atoms with van der Waals surface area (Å²) in [5.41, 5.74) is 8.40. The molecule has 2 aliphatic rings. The number of carbonyl (C=O) groups is 2. The van der Waals surface area contributed by atoms with Crippen LogP contribution in [0.25, 0.3) is 22.0 Å². The minimum atomic E-state index is -1.11. The van der Waals surface area contributed by atoms with Crippen LogP contribution < -0.4 is 20.4 Å². The van der Waals surface area contributed by atoms with Crippen molar-refractivity contribution in [2.75, 3.05) is 18.1 Å². The van der Waals surface area contributed by atoms with E-state index < -0.39 is 12.1 Å². The monoisotopic (exact) mass is 712 g/mol. The predicted octanol–water partition coefficient (Wildman–Crippen LogP) is 6.94. The zero-order valence-corrected chi connectivity index (χ0v) is 30.4. The first kappa shape index (κ1) is 33.8. The van der Waals surface area contributed by atoms with Gasteiger partial charge in [0.15, 0.2) is 0 Å². The van der Waals surface area contributed by atoms with Gasteiger partial charge in [-0.3, -0.25) is 19.5 Å². The van der Waals surface area contributed by atoms with Crippen molar-refractivity contribution >= 4 is 51.7 Å². The number of amides is 1. The summed E-state index contributed by atoms with van der Waals surface area (Å²) in [5, 5.41) is 17.9. The number of benzene rings is 3. The number of hydrogen-bond donors (Lipinski definition) is 1. The minimum Gasteiger partial charge on any atom is -0.494 e. The molecule has 50 heavy (non-hydrogen) atoms. The normalized spacial score (nSPS) is 15.5. The third-order valence-electron chi connectivity index (χ3n) is 9.76. The highest BCUT2D eigenvalue weighted by Crippen LogP contribution is 2.43. The number of aromatic carboxylic acids is 1. The molecule has 0 fully saturated rings. The Morgan fingerprint density at radius 2 is 1.76 bits per heavy atom. The molecule has 0 bridgehead atoms. The van der Waals surface area contributed by atoms with Crippen LogP contribution in [0, 0.1) is 27.7 Å². The van der Waals surface area contributed by atoms with Crippen molar-refractivity contribution in [2.45, 2.75) is 66.6 Å². The first-order valence-corrected chi connectivity index (χ1v) is 17.5. The summed E-state index contributed by atoms with van der Waals surface area (Å²) in [6.45, 7) is 11.1. The molecule has 1 N–H and O–H groups in total. The van der Waals surface area contributed by atoms with Crippen LogP contribution in [0.1, 0.15) is 68.7 Å². The van der Waals surface area contributed by atoms with Gasteiger partial charge in [0.2, 0.25) is 0 Å². The van der Waals surface area contributed by atoms with E-state index in [1.165, 1.54) is 0 Å². The second-order valence-electron chi connectivity index (χ2n) is 13.2. The van der Waals surface area contributed by atoms with E-state index >= 15 is 0 Å². The van der Waals surface area contributed by atoms with Gasteiger partial charge in [-0.15, -0.1) is 0 Å². The maximum atomic E-state index is 14.9. The fourth-order valence-electron chi connectivity index (χ4n) is 7.45. The lowest BCUT2D eigenvalue weighted by Gasteiger charge is -2.21. The molecule has 0 radical (unpaired) electrons. The molecule has 1 atom stereocenters. The summed E-state index contributed by atoms with van der Waals surface area (Å²) in [4.78, 5) is 37.9. The Balaban J connectivity index is 1.36. The number of rotatable bonds is 8. The number of fused-ring (bicyclic) bond motifs is 4. The number of ether oxygens (including phenoxy) is 1. The highest BCUT2D eigenvalue weighted by molar-refractivity contribution is 6.35. The SMILES string of the molecule is Cc1cc(OCCCc2c3n(c4c(-c5c(C)nn(C)c5C)c(Cl)ccc24)CCCN(c2cc(C(=O)O)c4c(c2)=NC(C)N=4)C3=O)cc(C)c1Cl. The zero-order chi connectivity index (χ0) is 35.6. The molecule has 3 aromatic carbocycles. The van der Waals surface area contributed by atoms with Crippen LogP contribution in [0.5, 0.6) is 5.75 Å². The van der Waals surface area contributed by atoms with Crippen molar-refractivity contribution in [2.24, 2.45) is 17.0 Å². The molecular weight excluding hydrogens is 675 g/mol. The van der Waals surface area contributed by atoms with Crippen molar-refractivity contribution in [3.8, 4) is 16.9 Å². The Bertz CT molecular complexity index is 2350. The molecule has 10 nitrogen and oxygen atoms in total. The summed E-state index contributed by atoms with van der Waals surface area (Å²) in [7, 11) is 1.91. The zero-order valence-electron chi connectivity index (χ0n) is 28.9. The smallest absolute Gasteiger partial charge is 0.338 e. The summed E-state index contributed by atoms with van der Waals surface area (Å²) in [6.07, 6.45) is 1.45. The van der Waals surface area contributed by atoms with Gasteiger partial charge in [0.05, 0.1) is 33.8 Å². The summed E-state index contributed by atoms with van der Waals surface area (Å²) >= 11 is 13.4. The number of halogens is 2. The standard InChI is InChI=1S/C38H38Cl2N6O4/c1-19-15-25(16-20(2)33(19)40)50-14-7-9-26-27-10-11-29(39)32(31-21(3)43-44(6)22(31)4)35(27)46-13-8-12-45(37(47)36(26)46)24-17-28(38(48)49)34-30(18-24)41-23(5)42-34/h10-11,15-18,23H,7-9,12-14H2,1-6H3,(H,48,49). The van der Waals surface area contributed by atoms with Gasteiger partial charge >= 0.3 is 5.97 Å². The number of nitrogens with zero attached hydrogens (tertiary/aromatic N) is 6. The van der Waals surface area contributed by atoms with Crippen LogP contribution in [-0.4, -0.2) is 50.6 Å². The first-order chi connectivity index (χ1) is 23.8. The average molecular weight is 714 g/mol. The van der Waals surface area contributed by atoms with Crippen molar-refractivity contribution in [3.05, 3.63) is 96.5 Å². The molecule has 0 aliphatic carbocycles. The third-order valence-corrected chi connectivity index (χ3v) is 10.7. The average Bonchev–Trinajstić information content (AvgIpc) is 3.63. The van der Waals surface area contributed by atoms with E-state index in [-0.39, 0.29) is 11.5 Å². The molecular formula is C38H38Cl2N6O4. The molecule has 12 heteroatoms. The molecule has 1 amide bonds. The molecule has 0 saturated heterocycles. The van der Waals surface area contributed by atoms with Crippen molar-refractivity contribution in [3.63, 3.8) is 0 Å². The fraction of sp³-hybridized carbons (Fsp3) is 0.342. The summed E-state index contributed by atoms with van der Waals surface area (Å²) in [6, 6.07) is 11.1. The topological polar surface area (TPSA) is 114 Å². The Labute approximate surface area is 299 Å². The van der Waals surface area contributed by atoms with Gasteiger partial charge in [0.1, 0.15) is 23.0 Å². The quantitative estimate of drug-likeness (QED) is 0.175. The molecule has 2 aromatic heterocycles. The van der Waals surface area contributed by atoms with Gasteiger partial charge in [-0.2, -0.15) is 5.10 Å². The predicted molar refractivity (Wildman–Crippen MR) is 195 cm³/mol. The number of anilines is 1. The highest BCUT2D eigenvalue weighted by atomic mass is 35.5. The molecule has 5 aromatic rings. The molecule has 7 rings (SSSR count). The van der Waals surface area contributed by atoms with Gasteiger partial charge in [0.25, 0.3) is 5.91 Å². The second kappa shape index (κ2) is 12.9. The number of carboxylic acids is 1. The molecule has 4 heterocycles. The van der Waals surface area contributed by atoms with E-state index in [0.717, 1.165) is 60.9 Å². The fourth-order valence-corrected chi connectivity index (χ4v) is 7.81. The van der Waals surface area contributed by atoms with Crippen LogP contribution in [0.4, 0.5) is 5.69 Å². The van der Waals surface area contributed by atoms with Crippen LogP contribution in [0.3, 0.4) is 0 Å². The van der Waals surface area contributed by atoms with Gasteiger partial charge in [-0.25, -0.2) is 4.79 Å². The molecule has 0 spiro atoms.